The number of benzene rings is 2. The number of hydrogen-bond donors (Lipinski definition) is 1. The molecule has 0 saturated heterocycles. The molecule has 2 aromatic carbocycles. The monoisotopic (exact) mass is 357 g/mol. The molecule has 3 aromatic rings. The molecule has 4 heteroatoms. The molecule has 1 amide bonds. The molecule has 2 heterocycles. The van der Waals surface area contributed by atoms with Crippen LogP contribution in [0.1, 0.15) is 35.3 Å². The lowest BCUT2D eigenvalue weighted by Gasteiger charge is -2.25. The first-order valence-electron chi connectivity index (χ1n) is 9.38. The number of hydrogen-bond acceptors (Lipinski definition) is 3. The Bertz CT molecular complexity index is 965. The summed E-state index contributed by atoms with van der Waals surface area (Å²) in [5.74, 6) is -0.145. The van der Waals surface area contributed by atoms with Crippen molar-refractivity contribution < 1.29 is 4.79 Å². The van der Waals surface area contributed by atoms with E-state index in [9.17, 15) is 4.79 Å². The number of carbonyl (C=O) groups is 1. The molecule has 1 aliphatic rings. The van der Waals surface area contributed by atoms with Gasteiger partial charge in [-0.3, -0.25) is 9.78 Å². The molecule has 4 nitrogen and oxygen atoms in total. The number of nitrogens with zero attached hydrogens (tertiary/aromatic N) is 2. The predicted molar refractivity (Wildman–Crippen MR) is 110 cm³/mol. The van der Waals surface area contributed by atoms with Crippen LogP contribution in [0.4, 0.5) is 17.1 Å². The van der Waals surface area contributed by atoms with Gasteiger partial charge in [-0.2, -0.15) is 0 Å². The van der Waals surface area contributed by atoms with Crippen LogP contribution in [0, 0.1) is 0 Å². The molecule has 0 radical (unpaired) electrons. The van der Waals surface area contributed by atoms with Crippen molar-refractivity contribution in [3.8, 4) is 0 Å². The lowest BCUT2D eigenvalue weighted by Crippen LogP contribution is -2.24. The highest BCUT2D eigenvalue weighted by Crippen LogP contribution is 2.37. The van der Waals surface area contributed by atoms with E-state index in [0.717, 1.165) is 24.2 Å². The number of pyridine rings is 1. The number of nitrogens with one attached hydrogen (secondary N) is 1. The first-order chi connectivity index (χ1) is 13.2. The van der Waals surface area contributed by atoms with Gasteiger partial charge in [-0.05, 0) is 55.2 Å². The van der Waals surface area contributed by atoms with E-state index in [2.05, 4.69) is 47.2 Å². The third-order valence-corrected chi connectivity index (χ3v) is 5.09. The van der Waals surface area contributed by atoms with Crippen LogP contribution in [-0.2, 0) is 12.8 Å². The van der Waals surface area contributed by atoms with Gasteiger partial charge in [0, 0.05) is 23.6 Å². The van der Waals surface area contributed by atoms with Gasteiger partial charge in [-0.25, -0.2) is 0 Å². The highest BCUT2D eigenvalue weighted by Gasteiger charge is 2.27. The summed E-state index contributed by atoms with van der Waals surface area (Å²) in [7, 11) is 0. The Morgan fingerprint density at radius 2 is 1.93 bits per heavy atom. The average Bonchev–Trinajstić information content (AvgIpc) is 3.04. The van der Waals surface area contributed by atoms with E-state index >= 15 is 0 Å². The maximum atomic E-state index is 12.7. The summed E-state index contributed by atoms with van der Waals surface area (Å²) in [6.45, 7) is 4.31. The number of para-hydroxylation sites is 1. The molecule has 27 heavy (non-hydrogen) atoms. The van der Waals surface area contributed by atoms with Crippen LogP contribution in [0.15, 0.2) is 67.0 Å². The molecule has 136 valence electrons. The second-order valence-corrected chi connectivity index (χ2v) is 6.99. The zero-order valence-corrected chi connectivity index (χ0v) is 15.6. The van der Waals surface area contributed by atoms with Crippen molar-refractivity contribution in [2.24, 2.45) is 0 Å². The second kappa shape index (κ2) is 7.23. The number of amides is 1. The Hall–Kier alpha value is -3.14. The highest BCUT2D eigenvalue weighted by atomic mass is 16.1. The van der Waals surface area contributed by atoms with E-state index in [-0.39, 0.29) is 5.91 Å². The number of fused-ring (bicyclic) bond motifs is 1. The number of anilines is 3. The summed E-state index contributed by atoms with van der Waals surface area (Å²) in [6, 6.07) is 18.6. The van der Waals surface area contributed by atoms with Crippen LogP contribution in [0.25, 0.3) is 0 Å². The van der Waals surface area contributed by atoms with Crippen molar-refractivity contribution in [2.75, 3.05) is 10.2 Å². The van der Waals surface area contributed by atoms with Crippen LogP contribution in [0.5, 0.6) is 0 Å². The summed E-state index contributed by atoms with van der Waals surface area (Å²) in [5, 5.41) is 2.96. The molecule has 1 unspecified atom stereocenters. The van der Waals surface area contributed by atoms with Gasteiger partial charge in [0.2, 0.25) is 0 Å². The number of aromatic nitrogens is 1. The van der Waals surface area contributed by atoms with Crippen LogP contribution in [0.3, 0.4) is 0 Å². The van der Waals surface area contributed by atoms with Gasteiger partial charge >= 0.3 is 0 Å². The zero-order valence-electron chi connectivity index (χ0n) is 15.6. The molecular weight excluding hydrogens is 334 g/mol. The zero-order chi connectivity index (χ0) is 18.8. The van der Waals surface area contributed by atoms with E-state index in [0.29, 0.717) is 11.6 Å². The van der Waals surface area contributed by atoms with Gasteiger partial charge < -0.3 is 10.2 Å². The smallest absolute Gasteiger partial charge is 0.257 e. The van der Waals surface area contributed by atoms with E-state index in [1.165, 1.54) is 16.8 Å². The van der Waals surface area contributed by atoms with Gasteiger partial charge in [0.1, 0.15) is 0 Å². The van der Waals surface area contributed by atoms with Gasteiger partial charge in [0.25, 0.3) is 5.91 Å². The second-order valence-electron chi connectivity index (χ2n) is 6.99. The van der Waals surface area contributed by atoms with E-state index < -0.39 is 0 Å². The van der Waals surface area contributed by atoms with E-state index in [1.54, 1.807) is 6.20 Å². The van der Waals surface area contributed by atoms with Gasteiger partial charge in [0.05, 0.1) is 17.4 Å². The van der Waals surface area contributed by atoms with Crippen LogP contribution in [-0.4, -0.2) is 16.9 Å². The Labute approximate surface area is 159 Å². The van der Waals surface area contributed by atoms with Crippen molar-refractivity contribution in [3.63, 3.8) is 0 Å². The van der Waals surface area contributed by atoms with Gasteiger partial charge in [-0.1, -0.05) is 37.3 Å². The van der Waals surface area contributed by atoms with Crippen molar-refractivity contribution in [1.82, 2.24) is 4.98 Å². The van der Waals surface area contributed by atoms with Gasteiger partial charge in [0.15, 0.2) is 0 Å². The van der Waals surface area contributed by atoms with Crippen molar-refractivity contribution >= 4 is 23.0 Å². The molecule has 0 saturated carbocycles. The topological polar surface area (TPSA) is 45.2 Å². The SMILES string of the molecule is CCc1ccc(NC(=O)c2cncc(N3c4ccccc4CC3C)c2)cc1. The Balaban J connectivity index is 1.58. The fourth-order valence-corrected chi connectivity index (χ4v) is 3.67. The van der Waals surface area contributed by atoms with Crippen LogP contribution in [0.2, 0.25) is 0 Å². The van der Waals surface area contributed by atoms with Crippen molar-refractivity contribution in [3.05, 3.63) is 83.7 Å². The first-order valence-corrected chi connectivity index (χ1v) is 9.38. The van der Waals surface area contributed by atoms with Crippen LogP contribution >= 0.6 is 0 Å². The molecular formula is C23H23N3O. The molecule has 1 atom stereocenters. The molecule has 0 spiro atoms. The number of aryl methyl sites for hydroxylation is 1. The lowest BCUT2D eigenvalue weighted by atomic mass is 10.1. The summed E-state index contributed by atoms with van der Waals surface area (Å²) in [4.78, 5) is 19.3. The third kappa shape index (κ3) is 3.43. The summed E-state index contributed by atoms with van der Waals surface area (Å²) >= 11 is 0. The van der Waals surface area contributed by atoms with Crippen molar-refractivity contribution in [1.29, 1.82) is 0 Å². The highest BCUT2D eigenvalue weighted by molar-refractivity contribution is 6.04. The third-order valence-electron chi connectivity index (χ3n) is 5.09. The Morgan fingerprint density at radius 3 is 2.70 bits per heavy atom. The quantitative estimate of drug-likeness (QED) is 0.716. The molecule has 0 aliphatic carbocycles. The fourth-order valence-electron chi connectivity index (χ4n) is 3.67. The van der Waals surface area contributed by atoms with Gasteiger partial charge in [-0.15, -0.1) is 0 Å². The maximum Gasteiger partial charge on any atom is 0.257 e. The Kier molecular flexibility index (Phi) is 4.63. The minimum atomic E-state index is -0.145. The summed E-state index contributed by atoms with van der Waals surface area (Å²) in [6.07, 6.45) is 5.42. The maximum absolute atomic E-state index is 12.7. The molecule has 0 fully saturated rings. The minimum Gasteiger partial charge on any atom is -0.337 e. The number of carbonyl (C=O) groups excluding carboxylic acids is 1. The molecule has 1 aromatic heterocycles. The molecule has 0 bridgehead atoms. The largest absolute Gasteiger partial charge is 0.337 e. The van der Waals surface area contributed by atoms with E-state index in [1.807, 2.05) is 42.6 Å². The minimum absolute atomic E-state index is 0.145. The first kappa shape index (κ1) is 17.3. The molecule has 1 aliphatic heterocycles. The number of rotatable bonds is 4. The standard InChI is InChI=1S/C23H23N3O/c1-3-17-8-10-20(11-9-17)25-23(27)19-13-21(15-24-14-19)26-16(2)12-18-6-4-5-7-22(18)26/h4-11,13-16H,3,12H2,1-2H3,(H,25,27). The summed E-state index contributed by atoms with van der Waals surface area (Å²) < 4.78 is 0. The normalized spacial score (nSPS) is 15.5. The van der Waals surface area contributed by atoms with Crippen LogP contribution < -0.4 is 10.2 Å². The van der Waals surface area contributed by atoms with Crippen molar-refractivity contribution in [2.45, 2.75) is 32.7 Å². The fraction of sp³-hybridized carbons (Fsp3) is 0.217. The average molecular weight is 357 g/mol. The molecule has 4 rings (SSSR count). The molecule has 1 N–H and O–H groups in total. The predicted octanol–water partition coefficient (Wildman–Crippen LogP) is 4.98. The Morgan fingerprint density at radius 1 is 1.15 bits per heavy atom. The lowest BCUT2D eigenvalue weighted by molar-refractivity contribution is 0.102. The van der Waals surface area contributed by atoms with E-state index in [4.69, 9.17) is 0 Å². The summed E-state index contributed by atoms with van der Waals surface area (Å²) in [5.41, 5.74) is 6.07.